The Morgan fingerprint density at radius 1 is 1.04 bits per heavy atom. The van der Waals surface area contributed by atoms with Crippen LogP contribution < -0.4 is 25.0 Å². The van der Waals surface area contributed by atoms with Gasteiger partial charge in [0.15, 0.2) is 0 Å². The van der Waals surface area contributed by atoms with Gasteiger partial charge in [-0.1, -0.05) is 0 Å². The Morgan fingerprint density at radius 3 is 2.27 bits per heavy atom. The minimum absolute atomic E-state index is 0.205. The summed E-state index contributed by atoms with van der Waals surface area (Å²) < 4.78 is 10.4. The van der Waals surface area contributed by atoms with Crippen LogP contribution in [-0.2, 0) is 0 Å². The van der Waals surface area contributed by atoms with E-state index in [4.69, 9.17) is 9.47 Å². The van der Waals surface area contributed by atoms with Crippen molar-refractivity contribution in [2.75, 3.05) is 51.6 Å². The molecule has 8 heteroatoms. The second kappa shape index (κ2) is 8.89. The Kier molecular flexibility index (Phi) is 6.60. The number of hydrogen-bond donors (Lipinski definition) is 2. The first-order chi connectivity index (χ1) is 12.4. The van der Waals surface area contributed by atoms with Crippen molar-refractivity contribution >= 4 is 17.7 Å². The van der Waals surface area contributed by atoms with E-state index in [9.17, 15) is 4.79 Å². The summed E-state index contributed by atoms with van der Waals surface area (Å²) in [6, 6.07) is 6.95. The van der Waals surface area contributed by atoms with Gasteiger partial charge in [0.05, 0.1) is 14.2 Å². The third-order valence-electron chi connectivity index (χ3n) is 3.61. The van der Waals surface area contributed by atoms with E-state index in [-0.39, 0.29) is 5.91 Å². The molecule has 2 N–H and O–H groups in total. The molecule has 0 unspecified atom stereocenters. The van der Waals surface area contributed by atoms with Crippen molar-refractivity contribution in [1.82, 2.24) is 15.3 Å². The Bertz CT molecular complexity index is 742. The van der Waals surface area contributed by atoms with Crippen molar-refractivity contribution in [2.24, 2.45) is 0 Å². The molecule has 1 amide bonds. The van der Waals surface area contributed by atoms with E-state index in [1.165, 1.54) is 0 Å². The number of methoxy groups -OCH3 is 2. The largest absolute Gasteiger partial charge is 0.497 e. The molecule has 140 valence electrons. The van der Waals surface area contributed by atoms with Crippen molar-refractivity contribution < 1.29 is 14.3 Å². The van der Waals surface area contributed by atoms with Crippen LogP contribution in [0.2, 0.25) is 0 Å². The zero-order chi connectivity index (χ0) is 19.1. The van der Waals surface area contributed by atoms with E-state index in [1.807, 2.05) is 32.0 Å². The minimum Gasteiger partial charge on any atom is -0.497 e. The summed E-state index contributed by atoms with van der Waals surface area (Å²) in [6.45, 7) is 2.84. The molecule has 1 aromatic heterocycles. The summed E-state index contributed by atoms with van der Waals surface area (Å²) in [7, 11) is 6.94. The molecule has 2 aromatic rings. The van der Waals surface area contributed by atoms with Gasteiger partial charge < -0.3 is 25.0 Å². The number of rotatable bonds is 8. The molecule has 8 nitrogen and oxygen atoms in total. The molecule has 0 saturated heterocycles. The molecule has 1 aromatic carbocycles. The van der Waals surface area contributed by atoms with E-state index in [2.05, 4.69) is 20.6 Å². The minimum atomic E-state index is -0.205. The lowest BCUT2D eigenvalue weighted by Gasteiger charge is -2.14. The van der Waals surface area contributed by atoms with Crippen LogP contribution in [0.25, 0.3) is 0 Å². The van der Waals surface area contributed by atoms with Crippen LogP contribution in [0.5, 0.6) is 11.5 Å². The summed E-state index contributed by atoms with van der Waals surface area (Å²) in [5.41, 5.74) is 1.35. The van der Waals surface area contributed by atoms with Crippen molar-refractivity contribution in [2.45, 2.75) is 6.92 Å². The van der Waals surface area contributed by atoms with Crippen molar-refractivity contribution in [3.05, 3.63) is 35.5 Å². The SMILES string of the molecule is COc1cc(OC)cc(C(=O)NCCNc2nc(C)cc(N(C)C)n2)c1. The Hall–Kier alpha value is -3.03. The number of carbonyl (C=O) groups is 1. The fourth-order valence-corrected chi connectivity index (χ4v) is 2.25. The Balaban J connectivity index is 1.91. The summed E-state index contributed by atoms with van der Waals surface area (Å²) in [4.78, 5) is 23.0. The zero-order valence-electron chi connectivity index (χ0n) is 15.8. The number of aromatic nitrogens is 2. The molecule has 0 radical (unpaired) electrons. The van der Waals surface area contributed by atoms with Gasteiger partial charge in [0.25, 0.3) is 5.91 Å². The van der Waals surface area contributed by atoms with Gasteiger partial charge >= 0.3 is 0 Å². The van der Waals surface area contributed by atoms with E-state index in [0.717, 1.165) is 11.5 Å². The van der Waals surface area contributed by atoms with Crippen LogP contribution >= 0.6 is 0 Å². The van der Waals surface area contributed by atoms with Gasteiger partial charge in [-0.25, -0.2) is 4.98 Å². The molecule has 1 heterocycles. The number of anilines is 2. The topological polar surface area (TPSA) is 88.6 Å². The maximum absolute atomic E-state index is 12.3. The lowest BCUT2D eigenvalue weighted by atomic mass is 10.2. The quantitative estimate of drug-likeness (QED) is 0.694. The highest BCUT2D eigenvalue weighted by Gasteiger charge is 2.09. The summed E-state index contributed by atoms with van der Waals surface area (Å²) in [5, 5.41) is 5.96. The summed E-state index contributed by atoms with van der Waals surface area (Å²) >= 11 is 0. The highest BCUT2D eigenvalue weighted by molar-refractivity contribution is 5.95. The molecule has 0 atom stereocenters. The van der Waals surface area contributed by atoms with Crippen LogP contribution in [0.3, 0.4) is 0 Å². The maximum Gasteiger partial charge on any atom is 0.251 e. The molecule has 0 aliphatic carbocycles. The number of nitrogens with zero attached hydrogens (tertiary/aromatic N) is 3. The van der Waals surface area contributed by atoms with Crippen molar-refractivity contribution in [3.63, 3.8) is 0 Å². The molecule has 0 aliphatic rings. The van der Waals surface area contributed by atoms with Crippen LogP contribution in [0.4, 0.5) is 11.8 Å². The lowest BCUT2D eigenvalue weighted by Crippen LogP contribution is -2.29. The van der Waals surface area contributed by atoms with E-state index >= 15 is 0 Å². The molecule has 0 spiro atoms. The van der Waals surface area contributed by atoms with Gasteiger partial charge in [-0.2, -0.15) is 4.98 Å². The Morgan fingerprint density at radius 2 is 1.69 bits per heavy atom. The molecule has 26 heavy (non-hydrogen) atoms. The zero-order valence-corrected chi connectivity index (χ0v) is 15.8. The molecule has 0 saturated carbocycles. The number of nitrogens with one attached hydrogen (secondary N) is 2. The molecule has 0 aliphatic heterocycles. The van der Waals surface area contributed by atoms with Crippen molar-refractivity contribution in [1.29, 1.82) is 0 Å². The standard InChI is InChI=1S/C18H25N5O3/c1-12-8-16(23(2)3)22-18(21-12)20-7-6-19-17(24)13-9-14(25-4)11-15(10-13)26-5/h8-11H,6-7H2,1-5H3,(H,19,24)(H,20,21,22). The van der Waals surface area contributed by atoms with Crippen LogP contribution in [0.1, 0.15) is 16.1 Å². The van der Waals surface area contributed by atoms with E-state index < -0.39 is 0 Å². The highest BCUT2D eigenvalue weighted by atomic mass is 16.5. The fraction of sp³-hybridized carbons (Fsp3) is 0.389. The number of amides is 1. The predicted octanol–water partition coefficient (Wildman–Crippen LogP) is 1.71. The average molecular weight is 359 g/mol. The van der Waals surface area contributed by atoms with Gasteiger partial charge in [0.1, 0.15) is 17.3 Å². The van der Waals surface area contributed by atoms with Crippen molar-refractivity contribution in [3.8, 4) is 11.5 Å². The number of aryl methyl sites for hydroxylation is 1. The van der Waals surface area contributed by atoms with Gasteiger partial charge in [-0.15, -0.1) is 0 Å². The highest BCUT2D eigenvalue weighted by Crippen LogP contribution is 2.22. The first kappa shape index (κ1) is 19.3. The number of carbonyl (C=O) groups excluding carboxylic acids is 1. The molecular weight excluding hydrogens is 334 g/mol. The van der Waals surface area contributed by atoms with Gasteiger partial charge in [-0.05, 0) is 19.1 Å². The number of ether oxygens (including phenoxy) is 2. The third kappa shape index (κ3) is 5.23. The first-order valence-electron chi connectivity index (χ1n) is 8.21. The second-order valence-electron chi connectivity index (χ2n) is 5.87. The van der Waals surface area contributed by atoms with Crippen LogP contribution in [0.15, 0.2) is 24.3 Å². The Labute approximate surface area is 153 Å². The molecule has 0 fully saturated rings. The lowest BCUT2D eigenvalue weighted by molar-refractivity contribution is 0.0954. The molecule has 2 rings (SSSR count). The smallest absolute Gasteiger partial charge is 0.251 e. The second-order valence-corrected chi connectivity index (χ2v) is 5.87. The fourth-order valence-electron chi connectivity index (χ4n) is 2.25. The normalized spacial score (nSPS) is 10.2. The van der Waals surface area contributed by atoms with E-state index in [1.54, 1.807) is 32.4 Å². The van der Waals surface area contributed by atoms with Gasteiger partial charge in [-0.3, -0.25) is 4.79 Å². The number of hydrogen-bond acceptors (Lipinski definition) is 7. The van der Waals surface area contributed by atoms with Gasteiger partial charge in [0, 0.05) is 50.6 Å². The van der Waals surface area contributed by atoms with Crippen LogP contribution in [-0.4, -0.2) is 57.3 Å². The molecular formula is C18H25N5O3. The van der Waals surface area contributed by atoms with Gasteiger partial charge in [0.2, 0.25) is 5.95 Å². The first-order valence-corrected chi connectivity index (χ1v) is 8.21. The predicted molar refractivity (Wildman–Crippen MR) is 101 cm³/mol. The summed E-state index contributed by atoms with van der Waals surface area (Å²) in [5.74, 6) is 2.29. The third-order valence-corrected chi connectivity index (χ3v) is 3.61. The number of benzene rings is 1. The maximum atomic E-state index is 12.3. The summed E-state index contributed by atoms with van der Waals surface area (Å²) in [6.07, 6.45) is 0. The molecule has 0 bridgehead atoms. The van der Waals surface area contributed by atoms with Crippen LogP contribution in [0, 0.1) is 6.92 Å². The monoisotopic (exact) mass is 359 g/mol. The van der Waals surface area contributed by atoms with E-state index in [0.29, 0.717) is 36.1 Å². The average Bonchev–Trinajstić information content (AvgIpc) is 2.64.